The zero-order chi connectivity index (χ0) is 15.1. The van der Waals surface area contributed by atoms with E-state index in [-0.39, 0.29) is 17.9 Å². The van der Waals surface area contributed by atoms with Crippen LogP contribution in [0.1, 0.15) is 32.6 Å². The first kappa shape index (κ1) is 15.7. The van der Waals surface area contributed by atoms with Gasteiger partial charge in [0.1, 0.15) is 0 Å². The van der Waals surface area contributed by atoms with E-state index in [0.29, 0.717) is 6.54 Å². The molecule has 0 spiro atoms. The summed E-state index contributed by atoms with van der Waals surface area (Å²) in [6, 6.07) is 2.06. The van der Waals surface area contributed by atoms with E-state index in [9.17, 15) is 4.79 Å². The van der Waals surface area contributed by atoms with Gasteiger partial charge in [-0.1, -0.05) is 13.3 Å². The molecular formula is C15H25N5O. The van der Waals surface area contributed by atoms with Crippen LogP contribution in [0.25, 0.3) is 0 Å². The van der Waals surface area contributed by atoms with Gasteiger partial charge in [-0.25, -0.2) is 9.97 Å². The minimum atomic E-state index is -0.0505. The minimum absolute atomic E-state index is 0.0505. The summed E-state index contributed by atoms with van der Waals surface area (Å²) in [5.41, 5.74) is 5.68. The highest BCUT2D eigenvalue weighted by atomic mass is 16.1. The molecule has 116 valence electrons. The van der Waals surface area contributed by atoms with Gasteiger partial charge in [-0.05, 0) is 25.3 Å². The van der Waals surface area contributed by atoms with Crippen LogP contribution in [0.4, 0.5) is 5.95 Å². The molecule has 0 saturated carbocycles. The van der Waals surface area contributed by atoms with Gasteiger partial charge in [-0.2, -0.15) is 0 Å². The molecule has 1 atom stereocenters. The standard InChI is InChI=1S/C15H25N5O/c1-2-4-12(11-16)14(21)19-13-5-9-20(10-6-13)15-17-7-3-8-18-15/h3,7-8,12-13H,2,4-6,9-11,16H2,1H3,(H,19,21). The lowest BCUT2D eigenvalue weighted by molar-refractivity contribution is -0.125. The van der Waals surface area contributed by atoms with Gasteiger partial charge in [-0.15, -0.1) is 0 Å². The van der Waals surface area contributed by atoms with Crippen LogP contribution in [0.3, 0.4) is 0 Å². The molecule has 0 radical (unpaired) electrons. The molecular weight excluding hydrogens is 266 g/mol. The van der Waals surface area contributed by atoms with Crippen molar-refractivity contribution < 1.29 is 4.79 Å². The summed E-state index contributed by atoms with van der Waals surface area (Å²) < 4.78 is 0. The molecule has 0 aromatic carbocycles. The molecule has 2 heterocycles. The SMILES string of the molecule is CCCC(CN)C(=O)NC1CCN(c2ncccn2)CC1. The molecule has 3 N–H and O–H groups in total. The van der Waals surface area contributed by atoms with Crippen molar-refractivity contribution in [2.75, 3.05) is 24.5 Å². The third-order valence-corrected chi connectivity index (χ3v) is 3.97. The van der Waals surface area contributed by atoms with Gasteiger partial charge in [0.25, 0.3) is 0 Å². The maximum atomic E-state index is 12.2. The molecule has 1 aromatic rings. The summed E-state index contributed by atoms with van der Waals surface area (Å²) in [5.74, 6) is 0.826. The van der Waals surface area contributed by atoms with Crippen LogP contribution in [-0.4, -0.2) is 41.6 Å². The van der Waals surface area contributed by atoms with Gasteiger partial charge in [0.2, 0.25) is 11.9 Å². The van der Waals surface area contributed by atoms with E-state index in [4.69, 9.17) is 5.73 Å². The van der Waals surface area contributed by atoms with Crippen LogP contribution >= 0.6 is 0 Å². The number of nitrogens with zero attached hydrogens (tertiary/aromatic N) is 3. The number of hydrogen-bond acceptors (Lipinski definition) is 5. The van der Waals surface area contributed by atoms with Crippen LogP contribution in [0.5, 0.6) is 0 Å². The minimum Gasteiger partial charge on any atom is -0.353 e. The van der Waals surface area contributed by atoms with Crippen LogP contribution in [0, 0.1) is 5.92 Å². The summed E-state index contributed by atoms with van der Waals surface area (Å²) in [7, 11) is 0. The van der Waals surface area contributed by atoms with Gasteiger partial charge >= 0.3 is 0 Å². The van der Waals surface area contributed by atoms with Crippen molar-refractivity contribution in [2.24, 2.45) is 11.7 Å². The van der Waals surface area contributed by atoms with Crippen molar-refractivity contribution >= 4 is 11.9 Å². The summed E-state index contributed by atoms with van der Waals surface area (Å²) in [6.45, 7) is 4.25. The fourth-order valence-corrected chi connectivity index (χ4v) is 2.70. The Morgan fingerprint density at radius 1 is 1.43 bits per heavy atom. The molecule has 1 saturated heterocycles. The lowest BCUT2D eigenvalue weighted by atomic mass is 10.00. The molecule has 21 heavy (non-hydrogen) atoms. The maximum absolute atomic E-state index is 12.2. The van der Waals surface area contributed by atoms with E-state index in [1.807, 2.05) is 6.07 Å². The Bertz CT molecular complexity index is 431. The fraction of sp³-hybridized carbons (Fsp3) is 0.667. The second-order valence-corrected chi connectivity index (χ2v) is 5.54. The first-order chi connectivity index (χ1) is 10.2. The molecule has 2 rings (SSSR count). The first-order valence-corrected chi connectivity index (χ1v) is 7.77. The second kappa shape index (κ2) is 7.93. The number of anilines is 1. The monoisotopic (exact) mass is 291 g/mol. The summed E-state index contributed by atoms with van der Waals surface area (Å²) >= 11 is 0. The Morgan fingerprint density at radius 3 is 2.67 bits per heavy atom. The van der Waals surface area contributed by atoms with E-state index >= 15 is 0 Å². The van der Waals surface area contributed by atoms with Crippen molar-refractivity contribution in [3.05, 3.63) is 18.5 Å². The normalized spacial score (nSPS) is 17.5. The van der Waals surface area contributed by atoms with Gasteiger partial charge in [0.15, 0.2) is 0 Å². The highest BCUT2D eigenvalue weighted by Gasteiger charge is 2.24. The van der Waals surface area contributed by atoms with Crippen molar-refractivity contribution in [3.8, 4) is 0 Å². The van der Waals surface area contributed by atoms with Crippen LogP contribution < -0.4 is 16.0 Å². The number of rotatable bonds is 6. The van der Waals surface area contributed by atoms with E-state index in [1.54, 1.807) is 12.4 Å². The number of nitrogens with two attached hydrogens (primary N) is 1. The topological polar surface area (TPSA) is 84.1 Å². The first-order valence-electron chi connectivity index (χ1n) is 7.77. The molecule has 1 fully saturated rings. The van der Waals surface area contributed by atoms with Gasteiger partial charge in [-0.3, -0.25) is 4.79 Å². The molecule has 6 heteroatoms. The second-order valence-electron chi connectivity index (χ2n) is 5.54. The number of nitrogens with one attached hydrogen (secondary N) is 1. The van der Waals surface area contributed by atoms with E-state index in [2.05, 4.69) is 27.1 Å². The zero-order valence-electron chi connectivity index (χ0n) is 12.7. The Hall–Kier alpha value is -1.69. The third-order valence-electron chi connectivity index (χ3n) is 3.97. The summed E-state index contributed by atoms with van der Waals surface area (Å²) in [6.07, 6.45) is 7.21. The maximum Gasteiger partial charge on any atom is 0.225 e. The number of piperidine rings is 1. The molecule has 6 nitrogen and oxygen atoms in total. The van der Waals surface area contributed by atoms with Crippen LogP contribution in [0.2, 0.25) is 0 Å². The number of amides is 1. The van der Waals surface area contributed by atoms with Crippen LogP contribution in [0.15, 0.2) is 18.5 Å². The number of carbonyl (C=O) groups is 1. The molecule has 1 unspecified atom stereocenters. The molecule has 1 aliphatic rings. The predicted octanol–water partition coefficient (Wildman–Crippen LogP) is 0.937. The third kappa shape index (κ3) is 4.39. The highest BCUT2D eigenvalue weighted by Crippen LogP contribution is 2.16. The largest absolute Gasteiger partial charge is 0.353 e. The Morgan fingerprint density at radius 2 is 2.10 bits per heavy atom. The van der Waals surface area contributed by atoms with Crippen molar-refractivity contribution in [3.63, 3.8) is 0 Å². The Kier molecular flexibility index (Phi) is 5.92. The molecule has 1 aliphatic heterocycles. The average Bonchev–Trinajstić information content (AvgIpc) is 2.54. The number of hydrogen-bond donors (Lipinski definition) is 2. The molecule has 1 amide bonds. The number of aromatic nitrogens is 2. The van der Waals surface area contributed by atoms with Crippen molar-refractivity contribution in [2.45, 2.75) is 38.6 Å². The molecule has 0 aliphatic carbocycles. The van der Waals surface area contributed by atoms with Gasteiger partial charge in [0.05, 0.1) is 5.92 Å². The smallest absolute Gasteiger partial charge is 0.225 e. The quantitative estimate of drug-likeness (QED) is 0.815. The summed E-state index contributed by atoms with van der Waals surface area (Å²) in [4.78, 5) is 22.8. The predicted molar refractivity (Wildman–Crippen MR) is 82.9 cm³/mol. The van der Waals surface area contributed by atoms with Crippen molar-refractivity contribution in [1.82, 2.24) is 15.3 Å². The molecule has 1 aromatic heterocycles. The zero-order valence-corrected chi connectivity index (χ0v) is 12.7. The van der Waals surface area contributed by atoms with E-state index in [1.165, 1.54) is 0 Å². The van der Waals surface area contributed by atoms with Gasteiger partial charge in [0, 0.05) is 38.1 Å². The summed E-state index contributed by atoms with van der Waals surface area (Å²) in [5, 5.41) is 3.14. The Labute approximate surface area is 126 Å². The molecule has 0 bridgehead atoms. The van der Waals surface area contributed by atoms with Crippen LogP contribution in [-0.2, 0) is 4.79 Å². The Balaban J connectivity index is 1.80. The lowest BCUT2D eigenvalue weighted by Crippen LogP contribution is -2.47. The lowest BCUT2D eigenvalue weighted by Gasteiger charge is -2.33. The van der Waals surface area contributed by atoms with E-state index < -0.39 is 0 Å². The number of carbonyl (C=O) groups excluding carboxylic acids is 1. The van der Waals surface area contributed by atoms with E-state index in [0.717, 1.165) is 44.7 Å². The van der Waals surface area contributed by atoms with Gasteiger partial charge < -0.3 is 16.0 Å². The average molecular weight is 291 g/mol. The van der Waals surface area contributed by atoms with Crippen molar-refractivity contribution in [1.29, 1.82) is 0 Å². The fourth-order valence-electron chi connectivity index (χ4n) is 2.70. The highest BCUT2D eigenvalue weighted by molar-refractivity contribution is 5.79.